The Morgan fingerprint density at radius 1 is 1.32 bits per heavy atom. The molecule has 2 N–H and O–H groups in total. The fourth-order valence-electron chi connectivity index (χ4n) is 3.48. The molecular formula is C15H23N5O4S. The lowest BCUT2D eigenvalue weighted by Gasteiger charge is -2.29. The summed E-state index contributed by atoms with van der Waals surface area (Å²) < 4.78 is 26.1. The van der Waals surface area contributed by atoms with Gasteiger partial charge in [0.25, 0.3) is 0 Å². The van der Waals surface area contributed by atoms with Crippen LogP contribution in [0, 0.1) is 5.92 Å². The molecule has 0 radical (unpaired) electrons. The van der Waals surface area contributed by atoms with E-state index in [0.717, 1.165) is 5.56 Å². The first-order valence-electron chi connectivity index (χ1n) is 8.29. The fraction of sp³-hybridized carbons (Fsp3) is 0.667. The van der Waals surface area contributed by atoms with Crippen molar-refractivity contribution in [2.45, 2.75) is 32.1 Å². The number of fused-ring (bicyclic) bond motifs is 1. The lowest BCUT2D eigenvalue weighted by atomic mass is 9.94. The van der Waals surface area contributed by atoms with Crippen molar-refractivity contribution in [1.82, 2.24) is 14.1 Å². The van der Waals surface area contributed by atoms with Gasteiger partial charge >= 0.3 is 0 Å². The van der Waals surface area contributed by atoms with E-state index in [0.29, 0.717) is 44.0 Å². The summed E-state index contributed by atoms with van der Waals surface area (Å²) in [4.78, 5) is 24.3. The number of amides is 2. The van der Waals surface area contributed by atoms with Gasteiger partial charge in [-0.05, 0) is 18.8 Å². The number of aryl methyl sites for hydroxylation is 1. The Balaban J connectivity index is 1.71. The Morgan fingerprint density at radius 2 is 1.96 bits per heavy atom. The average molecular weight is 369 g/mol. The van der Waals surface area contributed by atoms with Crippen LogP contribution in [-0.4, -0.2) is 53.7 Å². The van der Waals surface area contributed by atoms with Crippen molar-refractivity contribution in [2.24, 2.45) is 13.0 Å². The van der Waals surface area contributed by atoms with Gasteiger partial charge < -0.3 is 10.6 Å². The smallest absolute Gasteiger partial charge is 0.228 e. The van der Waals surface area contributed by atoms with Crippen LogP contribution in [0.15, 0.2) is 0 Å². The molecule has 3 heterocycles. The van der Waals surface area contributed by atoms with E-state index in [9.17, 15) is 18.0 Å². The van der Waals surface area contributed by atoms with Gasteiger partial charge in [-0.1, -0.05) is 6.92 Å². The number of aromatic nitrogens is 2. The van der Waals surface area contributed by atoms with E-state index >= 15 is 0 Å². The van der Waals surface area contributed by atoms with E-state index < -0.39 is 10.0 Å². The molecule has 138 valence electrons. The highest BCUT2D eigenvalue weighted by Gasteiger charge is 2.32. The molecule has 0 spiro atoms. The van der Waals surface area contributed by atoms with Crippen molar-refractivity contribution in [3.05, 3.63) is 5.56 Å². The standard InChI is InChI=1S/C15H23N5O4S/c1-9-8-11(21)16-14-12(9)13(18-19(14)2)17-15(22)10-4-6-20(7-5-10)25(3,23)24/h9-10H,4-8H2,1-3H3,(H,16,21)(H,17,18,22). The first-order chi connectivity index (χ1) is 11.7. The lowest BCUT2D eigenvalue weighted by Crippen LogP contribution is -2.41. The van der Waals surface area contributed by atoms with E-state index in [1.165, 1.54) is 10.6 Å². The summed E-state index contributed by atoms with van der Waals surface area (Å²) in [5, 5.41) is 9.99. The molecule has 25 heavy (non-hydrogen) atoms. The number of carbonyl (C=O) groups excluding carboxylic acids is 2. The van der Waals surface area contributed by atoms with Crippen LogP contribution in [0.2, 0.25) is 0 Å². The highest BCUT2D eigenvalue weighted by atomic mass is 32.2. The van der Waals surface area contributed by atoms with Gasteiger partial charge in [0.1, 0.15) is 5.82 Å². The number of hydrogen-bond donors (Lipinski definition) is 2. The minimum absolute atomic E-state index is 0.0279. The number of carbonyl (C=O) groups is 2. The molecule has 0 bridgehead atoms. The summed E-state index contributed by atoms with van der Waals surface area (Å²) >= 11 is 0. The van der Waals surface area contributed by atoms with Crippen LogP contribution in [0.4, 0.5) is 11.6 Å². The van der Waals surface area contributed by atoms with Crippen molar-refractivity contribution in [2.75, 3.05) is 30.0 Å². The zero-order valence-corrected chi connectivity index (χ0v) is 15.4. The predicted molar refractivity (Wildman–Crippen MR) is 92.6 cm³/mol. The number of rotatable bonds is 3. The number of hydrogen-bond acceptors (Lipinski definition) is 5. The van der Waals surface area contributed by atoms with Crippen molar-refractivity contribution in [1.29, 1.82) is 0 Å². The highest BCUT2D eigenvalue weighted by Crippen LogP contribution is 2.37. The molecule has 2 aliphatic heterocycles. The third-order valence-electron chi connectivity index (χ3n) is 4.86. The molecule has 0 aromatic carbocycles. The monoisotopic (exact) mass is 369 g/mol. The molecule has 1 fully saturated rings. The van der Waals surface area contributed by atoms with Crippen LogP contribution in [0.3, 0.4) is 0 Å². The van der Waals surface area contributed by atoms with Crippen LogP contribution in [0.1, 0.15) is 37.7 Å². The van der Waals surface area contributed by atoms with Gasteiger partial charge in [0, 0.05) is 38.0 Å². The van der Waals surface area contributed by atoms with Crippen LogP contribution in [0.5, 0.6) is 0 Å². The molecule has 2 aliphatic rings. The summed E-state index contributed by atoms with van der Waals surface area (Å²) in [6.45, 7) is 2.63. The van der Waals surface area contributed by atoms with Gasteiger partial charge in [-0.25, -0.2) is 12.7 Å². The summed E-state index contributed by atoms with van der Waals surface area (Å²) in [5.74, 6) is 0.600. The number of nitrogens with zero attached hydrogens (tertiary/aromatic N) is 3. The number of piperidine rings is 1. The maximum Gasteiger partial charge on any atom is 0.228 e. The van der Waals surface area contributed by atoms with Gasteiger partial charge in [0.05, 0.1) is 6.26 Å². The Hall–Kier alpha value is -1.94. The maximum absolute atomic E-state index is 12.6. The molecule has 1 aromatic heterocycles. The highest BCUT2D eigenvalue weighted by molar-refractivity contribution is 7.88. The average Bonchev–Trinajstić information content (AvgIpc) is 2.82. The second kappa shape index (κ2) is 6.41. The minimum atomic E-state index is -3.21. The molecule has 1 aromatic rings. The summed E-state index contributed by atoms with van der Waals surface area (Å²) in [7, 11) is -1.49. The van der Waals surface area contributed by atoms with Crippen molar-refractivity contribution >= 4 is 33.5 Å². The van der Waals surface area contributed by atoms with Gasteiger partial charge in [-0.2, -0.15) is 5.10 Å². The predicted octanol–water partition coefficient (Wildman–Crippen LogP) is 0.476. The Morgan fingerprint density at radius 3 is 2.56 bits per heavy atom. The SMILES string of the molecule is CC1CC(=O)Nc2c1c(NC(=O)C1CCN(S(C)(=O)=O)CC1)nn2C. The van der Waals surface area contributed by atoms with Gasteiger partial charge in [-0.15, -0.1) is 0 Å². The topological polar surface area (TPSA) is 113 Å². The van der Waals surface area contributed by atoms with Crippen LogP contribution < -0.4 is 10.6 Å². The molecule has 2 amide bonds. The van der Waals surface area contributed by atoms with E-state index in [1.54, 1.807) is 11.7 Å². The second-order valence-corrected chi connectivity index (χ2v) is 8.80. The van der Waals surface area contributed by atoms with Crippen molar-refractivity contribution < 1.29 is 18.0 Å². The maximum atomic E-state index is 12.6. The molecule has 1 saturated heterocycles. The normalized spacial score (nSPS) is 22.4. The van der Waals surface area contributed by atoms with E-state index in [-0.39, 0.29) is 23.7 Å². The van der Waals surface area contributed by atoms with Gasteiger partial charge in [-0.3, -0.25) is 14.3 Å². The van der Waals surface area contributed by atoms with Crippen LogP contribution in [-0.2, 0) is 26.7 Å². The third-order valence-corrected chi connectivity index (χ3v) is 6.16. The first-order valence-corrected chi connectivity index (χ1v) is 10.1. The largest absolute Gasteiger partial charge is 0.311 e. The van der Waals surface area contributed by atoms with Gasteiger partial charge in [0.15, 0.2) is 5.82 Å². The third kappa shape index (κ3) is 3.54. The van der Waals surface area contributed by atoms with Crippen LogP contribution in [0.25, 0.3) is 0 Å². The number of anilines is 2. The number of nitrogens with one attached hydrogen (secondary N) is 2. The van der Waals surface area contributed by atoms with Crippen molar-refractivity contribution in [3.63, 3.8) is 0 Å². The van der Waals surface area contributed by atoms with Gasteiger partial charge in [0.2, 0.25) is 21.8 Å². The van der Waals surface area contributed by atoms with Crippen LogP contribution >= 0.6 is 0 Å². The zero-order valence-electron chi connectivity index (χ0n) is 14.6. The number of sulfonamides is 1. The lowest BCUT2D eigenvalue weighted by molar-refractivity contribution is -0.121. The quantitative estimate of drug-likeness (QED) is 0.804. The minimum Gasteiger partial charge on any atom is -0.311 e. The molecule has 0 saturated carbocycles. The first kappa shape index (κ1) is 17.9. The molecule has 0 aliphatic carbocycles. The Bertz CT molecular complexity index is 808. The van der Waals surface area contributed by atoms with Crippen molar-refractivity contribution in [3.8, 4) is 0 Å². The van der Waals surface area contributed by atoms with E-state index in [2.05, 4.69) is 15.7 Å². The second-order valence-electron chi connectivity index (χ2n) is 6.81. The Kier molecular flexibility index (Phi) is 4.58. The molecule has 1 atom stereocenters. The zero-order chi connectivity index (χ0) is 18.4. The van der Waals surface area contributed by atoms with E-state index in [4.69, 9.17) is 0 Å². The fourth-order valence-corrected chi connectivity index (χ4v) is 4.35. The molecule has 1 unspecified atom stereocenters. The summed E-state index contributed by atoms with van der Waals surface area (Å²) in [6.07, 6.45) is 2.51. The molecule has 3 rings (SSSR count). The summed E-state index contributed by atoms with van der Waals surface area (Å²) in [5.41, 5.74) is 0.837. The molecule has 9 nitrogen and oxygen atoms in total. The summed E-state index contributed by atoms with van der Waals surface area (Å²) in [6, 6.07) is 0. The Labute approximate surface area is 146 Å². The molecular weight excluding hydrogens is 346 g/mol. The molecule has 10 heteroatoms. The van der Waals surface area contributed by atoms with E-state index in [1.807, 2.05) is 6.92 Å².